The van der Waals surface area contributed by atoms with E-state index < -0.39 is 11.0 Å². The van der Waals surface area contributed by atoms with Gasteiger partial charge in [0.1, 0.15) is 11.0 Å². The van der Waals surface area contributed by atoms with Crippen LogP contribution in [0.1, 0.15) is 20.8 Å². The number of Topliss-reactive ketones (excluding diaryl/α,β-unsaturated/α-hetero) is 1. The minimum absolute atomic E-state index is 0.0671. The van der Waals surface area contributed by atoms with Crippen LogP contribution in [0.3, 0.4) is 0 Å². The number of carbonyl (C=O) groups is 1. The lowest BCUT2D eigenvalue weighted by molar-refractivity contribution is -0.147. The Kier molecular flexibility index (Phi) is 2.24. The minimum Gasteiger partial charge on any atom is -0.361 e. The van der Waals surface area contributed by atoms with Crippen LogP contribution in [0.15, 0.2) is 12.2 Å². The van der Waals surface area contributed by atoms with E-state index in [1.807, 2.05) is 32.9 Å². The van der Waals surface area contributed by atoms with Crippen LogP contribution >= 0.6 is 11.6 Å². The fourth-order valence-electron chi connectivity index (χ4n) is 2.32. The van der Waals surface area contributed by atoms with Crippen molar-refractivity contribution in [1.29, 1.82) is 0 Å². The van der Waals surface area contributed by atoms with Gasteiger partial charge in [-0.25, -0.2) is 0 Å². The van der Waals surface area contributed by atoms with Crippen LogP contribution in [0.4, 0.5) is 0 Å². The van der Waals surface area contributed by atoms with E-state index in [2.05, 4.69) is 0 Å². The summed E-state index contributed by atoms with van der Waals surface area (Å²) in [5, 5.41) is -0.537. The average molecular weight is 215 g/mol. The molecule has 2 aliphatic rings. The van der Waals surface area contributed by atoms with Crippen molar-refractivity contribution in [3.63, 3.8) is 0 Å². The van der Waals surface area contributed by atoms with Gasteiger partial charge in [-0.1, -0.05) is 26.0 Å². The highest BCUT2D eigenvalue weighted by Gasteiger charge is 2.52. The lowest BCUT2D eigenvalue weighted by Gasteiger charge is -2.39. The summed E-state index contributed by atoms with van der Waals surface area (Å²) in [6.07, 6.45) is 3.84. The molecule has 0 spiro atoms. The second-order valence-corrected chi connectivity index (χ2v) is 5.10. The molecule has 0 aromatic heterocycles. The van der Waals surface area contributed by atoms with E-state index in [-0.39, 0.29) is 23.7 Å². The van der Waals surface area contributed by atoms with E-state index >= 15 is 0 Å². The highest BCUT2D eigenvalue weighted by molar-refractivity contribution is 6.33. The number of hydrogen-bond acceptors (Lipinski definition) is 2. The standard InChI is InChI=1S/C11H15ClO2/c1-6(2)8-7-4-5-11(3,14-7)10(12)9(8)13/h4-8,10H,1-3H3/t7-,8-,10-,11?/m0/s1. The quantitative estimate of drug-likeness (QED) is 0.494. The molecule has 0 saturated carbocycles. The molecule has 0 radical (unpaired) electrons. The first-order valence-electron chi connectivity index (χ1n) is 5.00. The van der Waals surface area contributed by atoms with Crippen molar-refractivity contribution in [1.82, 2.24) is 0 Å². The molecular formula is C11H15ClO2. The Balaban J connectivity index is 2.34. The van der Waals surface area contributed by atoms with Crippen LogP contribution in [0.5, 0.6) is 0 Å². The van der Waals surface area contributed by atoms with Gasteiger partial charge in [0, 0.05) is 0 Å². The molecule has 3 heteroatoms. The first-order valence-corrected chi connectivity index (χ1v) is 5.44. The van der Waals surface area contributed by atoms with E-state index in [1.165, 1.54) is 0 Å². The SMILES string of the molecule is CC(C)[C@@H]1C(=O)[C@H](Cl)C2(C)C=C[C@@H]1O2. The fourth-order valence-corrected chi connectivity index (χ4v) is 2.59. The summed E-state index contributed by atoms with van der Waals surface area (Å²) in [6.45, 7) is 5.93. The Labute approximate surface area is 89.3 Å². The topological polar surface area (TPSA) is 26.3 Å². The van der Waals surface area contributed by atoms with E-state index in [0.29, 0.717) is 0 Å². The van der Waals surface area contributed by atoms with Gasteiger partial charge >= 0.3 is 0 Å². The number of rotatable bonds is 1. The van der Waals surface area contributed by atoms with Crippen LogP contribution in [0.25, 0.3) is 0 Å². The molecule has 2 aliphatic heterocycles. The molecule has 1 saturated heterocycles. The molecule has 0 amide bonds. The first kappa shape index (κ1) is 10.2. The van der Waals surface area contributed by atoms with Gasteiger partial charge < -0.3 is 4.74 Å². The number of carbonyl (C=O) groups excluding carboxylic acids is 1. The zero-order valence-electron chi connectivity index (χ0n) is 8.66. The predicted octanol–water partition coefficient (Wildman–Crippen LogP) is 2.16. The lowest BCUT2D eigenvalue weighted by Crippen LogP contribution is -2.52. The highest BCUT2D eigenvalue weighted by atomic mass is 35.5. The summed E-state index contributed by atoms with van der Waals surface area (Å²) in [4.78, 5) is 12.0. The summed E-state index contributed by atoms with van der Waals surface area (Å²) in [6, 6.07) is 0. The van der Waals surface area contributed by atoms with Crippen LogP contribution in [0.2, 0.25) is 0 Å². The maximum atomic E-state index is 12.0. The molecular weight excluding hydrogens is 200 g/mol. The van der Waals surface area contributed by atoms with Crippen LogP contribution in [-0.4, -0.2) is 22.9 Å². The number of ether oxygens (including phenoxy) is 1. The van der Waals surface area contributed by atoms with E-state index in [9.17, 15) is 4.79 Å². The van der Waals surface area contributed by atoms with Gasteiger partial charge in [-0.15, -0.1) is 11.6 Å². The molecule has 4 atom stereocenters. The molecule has 0 N–H and O–H groups in total. The lowest BCUT2D eigenvalue weighted by atomic mass is 9.81. The van der Waals surface area contributed by atoms with Gasteiger partial charge in [-0.2, -0.15) is 0 Å². The predicted molar refractivity (Wildman–Crippen MR) is 55.4 cm³/mol. The van der Waals surface area contributed by atoms with Crippen molar-refractivity contribution in [2.24, 2.45) is 11.8 Å². The Morgan fingerprint density at radius 2 is 2.21 bits per heavy atom. The van der Waals surface area contributed by atoms with Crippen molar-refractivity contribution in [2.75, 3.05) is 0 Å². The Bertz CT molecular complexity index is 298. The van der Waals surface area contributed by atoms with Gasteiger partial charge in [0.15, 0.2) is 5.78 Å². The van der Waals surface area contributed by atoms with Gasteiger partial charge in [0.25, 0.3) is 0 Å². The van der Waals surface area contributed by atoms with Crippen LogP contribution < -0.4 is 0 Å². The third-order valence-electron chi connectivity index (χ3n) is 3.16. The Morgan fingerprint density at radius 1 is 1.57 bits per heavy atom. The van der Waals surface area contributed by atoms with Crippen molar-refractivity contribution >= 4 is 17.4 Å². The fraction of sp³-hybridized carbons (Fsp3) is 0.727. The average Bonchev–Trinajstić information content (AvgIpc) is 2.43. The largest absolute Gasteiger partial charge is 0.361 e. The molecule has 2 rings (SSSR count). The second-order valence-electron chi connectivity index (χ2n) is 4.66. The molecule has 2 nitrogen and oxygen atoms in total. The zero-order valence-corrected chi connectivity index (χ0v) is 9.41. The maximum absolute atomic E-state index is 12.0. The van der Waals surface area contributed by atoms with Crippen molar-refractivity contribution in [2.45, 2.75) is 37.9 Å². The third kappa shape index (κ3) is 1.24. The van der Waals surface area contributed by atoms with Gasteiger partial charge in [-0.05, 0) is 12.8 Å². The van der Waals surface area contributed by atoms with Gasteiger partial charge in [-0.3, -0.25) is 4.79 Å². The van der Waals surface area contributed by atoms with E-state index in [0.717, 1.165) is 0 Å². The number of ketones is 1. The zero-order chi connectivity index (χ0) is 10.5. The molecule has 0 aliphatic carbocycles. The summed E-state index contributed by atoms with van der Waals surface area (Å²) < 4.78 is 5.78. The number of hydrogen-bond donors (Lipinski definition) is 0. The van der Waals surface area contributed by atoms with Gasteiger partial charge in [0.2, 0.25) is 0 Å². The molecule has 78 valence electrons. The molecule has 0 aromatic carbocycles. The molecule has 2 bridgehead atoms. The summed E-state index contributed by atoms with van der Waals surface area (Å²) in [7, 11) is 0. The Hall–Kier alpha value is -0.340. The molecule has 2 heterocycles. The van der Waals surface area contributed by atoms with E-state index in [1.54, 1.807) is 0 Å². The van der Waals surface area contributed by atoms with Crippen LogP contribution in [0, 0.1) is 11.8 Å². The molecule has 0 aromatic rings. The monoisotopic (exact) mass is 214 g/mol. The summed E-state index contributed by atoms with van der Waals surface area (Å²) in [5.74, 6) is 0.329. The second kappa shape index (κ2) is 3.07. The first-order chi connectivity index (χ1) is 6.46. The van der Waals surface area contributed by atoms with E-state index in [4.69, 9.17) is 16.3 Å². The smallest absolute Gasteiger partial charge is 0.160 e. The highest BCUT2D eigenvalue weighted by Crippen LogP contribution is 2.42. The number of alkyl halides is 1. The normalized spacial score (nSPS) is 46.4. The number of fused-ring (bicyclic) bond motifs is 2. The van der Waals surface area contributed by atoms with Crippen molar-refractivity contribution < 1.29 is 9.53 Å². The van der Waals surface area contributed by atoms with Crippen LogP contribution in [-0.2, 0) is 9.53 Å². The molecule has 14 heavy (non-hydrogen) atoms. The van der Waals surface area contributed by atoms with Crippen molar-refractivity contribution in [3.8, 4) is 0 Å². The van der Waals surface area contributed by atoms with Crippen molar-refractivity contribution in [3.05, 3.63) is 12.2 Å². The maximum Gasteiger partial charge on any atom is 0.160 e. The third-order valence-corrected chi connectivity index (χ3v) is 3.81. The number of halogens is 1. The molecule has 1 fully saturated rings. The minimum atomic E-state index is -0.575. The van der Waals surface area contributed by atoms with Gasteiger partial charge in [0.05, 0.1) is 12.0 Å². The Morgan fingerprint density at radius 3 is 2.79 bits per heavy atom. The summed E-state index contributed by atoms with van der Waals surface area (Å²) in [5.41, 5.74) is -0.575. The summed E-state index contributed by atoms with van der Waals surface area (Å²) >= 11 is 6.11. The molecule has 1 unspecified atom stereocenters.